The molecule has 0 unspecified atom stereocenters. The summed E-state index contributed by atoms with van der Waals surface area (Å²) < 4.78 is 0. The van der Waals surface area contributed by atoms with E-state index in [0.717, 1.165) is 5.56 Å². The lowest BCUT2D eigenvalue weighted by atomic mass is 9.57. The number of ketones is 2. The Morgan fingerprint density at radius 2 is 1.74 bits per heavy atom. The number of carbonyl (C=O) groups is 4. The minimum atomic E-state index is -2.70. The summed E-state index contributed by atoms with van der Waals surface area (Å²) in [6.45, 7) is 11.8. The predicted octanol–water partition coefficient (Wildman–Crippen LogP) is 2.48. The molecule has 6 N–H and O–H groups in total. The van der Waals surface area contributed by atoms with Crippen LogP contribution in [-0.4, -0.2) is 85.9 Å². The van der Waals surface area contributed by atoms with Gasteiger partial charge in [-0.2, -0.15) is 0 Å². The molecule has 1 saturated carbocycles. The van der Waals surface area contributed by atoms with E-state index in [-0.39, 0.29) is 53.5 Å². The van der Waals surface area contributed by atoms with Crippen molar-refractivity contribution >= 4 is 29.1 Å². The number of rotatable bonds is 6. The number of nitrogens with two attached hydrogens (primary N) is 1. The number of hydrogen-bond acceptors (Lipinski definition) is 9. The number of hydrogen-bond donors (Lipinski definition) is 5. The fourth-order valence-electron chi connectivity index (χ4n) is 7.09. The second kappa shape index (κ2) is 10.8. The first-order chi connectivity index (χ1) is 19.7. The van der Waals surface area contributed by atoms with Crippen molar-refractivity contribution < 1.29 is 39.6 Å². The van der Waals surface area contributed by atoms with E-state index in [1.54, 1.807) is 19.0 Å². The van der Waals surface area contributed by atoms with Gasteiger partial charge in [0.25, 0.3) is 5.91 Å². The van der Waals surface area contributed by atoms with E-state index in [2.05, 4.69) is 0 Å². The number of fused-ring (bicyclic) bond motifs is 3. The first-order valence-electron chi connectivity index (χ1n) is 14.5. The molecule has 0 heterocycles. The van der Waals surface area contributed by atoms with Crippen molar-refractivity contribution in [3.8, 4) is 5.75 Å². The number of phenols is 1. The van der Waals surface area contributed by atoms with E-state index in [4.69, 9.17) is 5.73 Å². The fraction of sp³-hybridized carbons (Fsp3) is 0.562. The van der Waals surface area contributed by atoms with Gasteiger partial charge >= 0.3 is 0 Å². The minimum Gasteiger partial charge on any atom is -0.508 e. The number of aliphatic hydroxyl groups excluding tert-OH is 2. The van der Waals surface area contributed by atoms with Crippen LogP contribution < -0.4 is 5.73 Å². The van der Waals surface area contributed by atoms with Crippen LogP contribution in [0, 0.1) is 17.3 Å². The molecular weight excluding hydrogens is 554 g/mol. The Hall–Kier alpha value is -3.70. The van der Waals surface area contributed by atoms with Gasteiger partial charge in [0.05, 0.1) is 11.6 Å². The summed E-state index contributed by atoms with van der Waals surface area (Å²) in [6.07, 6.45) is 0.240. The van der Waals surface area contributed by atoms with Gasteiger partial charge in [0.2, 0.25) is 11.7 Å². The van der Waals surface area contributed by atoms with Gasteiger partial charge < -0.3 is 31.1 Å². The molecule has 3 aliphatic rings. The Balaban J connectivity index is 1.94. The van der Waals surface area contributed by atoms with E-state index in [0.29, 0.717) is 17.7 Å². The first kappa shape index (κ1) is 32.2. The Morgan fingerprint density at radius 1 is 1.14 bits per heavy atom. The number of aliphatic hydroxyl groups is 3. The van der Waals surface area contributed by atoms with Gasteiger partial charge in [-0.05, 0) is 61.4 Å². The molecule has 4 rings (SSSR count). The van der Waals surface area contributed by atoms with Gasteiger partial charge in [0, 0.05) is 37.1 Å². The fourth-order valence-corrected chi connectivity index (χ4v) is 7.09. The van der Waals surface area contributed by atoms with Crippen molar-refractivity contribution in [3.05, 3.63) is 45.2 Å². The standard InChI is InChI=1S/C32H43N3O8/c1-14(2)18-10-17(12-35(15(3)36)13-31(4,5)6)25(37)22-19(18)9-16-11-20-24(34(7)8)27(39)23(30(33)42)29(41)32(20,43)28(40)21(16)26(22)38/h10,14,16,20,24,37-38,41,43H,9,11-13H2,1-8H3,(H2,33,42)/t16-,20-,24-,32-/m0/s1. The van der Waals surface area contributed by atoms with E-state index >= 15 is 0 Å². The number of benzene rings is 1. The maximum atomic E-state index is 14.1. The molecule has 1 aromatic rings. The maximum Gasteiger partial charge on any atom is 0.255 e. The highest BCUT2D eigenvalue weighted by atomic mass is 16.3. The molecule has 43 heavy (non-hydrogen) atoms. The van der Waals surface area contributed by atoms with Gasteiger partial charge in [-0.15, -0.1) is 0 Å². The van der Waals surface area contributed by atoms with Gasteiger partial charge in [0.15, 0.2) is 11.4 Å². The van der Waals surface area contributed by atoms with Crippen molar-refractivity contribution in [1.29, 1.82) is 0 Å². The lowest BCUT2D eigenvalue weighted by Gasteiger charge is -2.50. The van der Waals surface area contributed by atoms with Crippen LogP contribution in [0.25, 0.3) is 5.76 Å². The number of aromatic hydroxyl groups is 1. The summed E-state index contributed by atoms with van der Waals surface area (Å²) in [7, 11) is 3.13. The molecule has 3 aliphatic carbocycles. The normalized spacial score (nSPS) is 25.6. The van der Waals surface area contributed by atoms with Crippen LogP contribution in [0.1, 0.15) is 76.1 Å². The highest BCUT2D eigenvalue weighted by Crippen LogP contribution is 2.53. The molecule has 0 spiro atoms. The number of phenolic OH excluding ortho intramolecular Hbond substituents is 1. The second-order valence-electron chi connectivity index (χ2n) is 13.9. The monoisotopic (exact) mass is 597 g/mol. The van der Waals surface area contributed by atoms with E-state index in [1.807, 2.05) is 40.7 Å². The highest BCUT2D eigenvalue weighted by molar-refractivity contribution is 6.24. The van der Waals surface area contributed by atoms with Crippen molar-refractivity contribution in [2.45, 2.75) is 78.5 Å². The number of Topliss-reactive ketones (excluding diaryl/α,β-unsaturated/α-hetero) is 2. The van der Waals surface area contributed by atoms with Crippen molar-refractivity contribution in [1.82, 2.24) is 9.80 Å². The summed E-state index contributed by atoms with van der Waals surface area (Å²) in [5.41, 5.74) is 3.31. The Labute approximate surface area is 251 Å². The molecule has 1 fully saturated rings. The van der Waals surface area contributed by atoms with Crippen molar-refractivity contribution in [2.24, 2.45) is 23.0 Å². The zero-order chi connectivity index (χ0) is 32.5. The Morgan fingerprint density at radius 3 is 2.23 bits per heavy atom. The molecule has 2 amide bonds. The molecule has 234 valence electrons. The molecule has 4 atom stereocenters. The van der Waals surface area contributed by atoms with E-state index in [1.165, 1.54) is 11.8 Å². The average Bonchev–Trinajstić information content (AvgIpc) is 2.85. The minimum absolute atomic E-state index is 0.0233. The third-order valence-electron chi connectivity index (χ3n) is 8.93. The van der Waals surface area contributed by atoms with Crippen LogP contribution in [0.2, 0.25) is 0 Å². The van der Waals surface area contributed by atoms with Gasteiger partial charge in [-0.1, -0.05) is 34.6 Å². The van der Waals surface area contributed by atoms with Crippen LogP contribution in [0.5, 0.6) is 5.75 Å². The molecule has 0 radical (unpaired) electrons. The van der Waals surface area contributed by atoms with Crippen LogP contribution >= 0.6 is 0 Å². The maximum absolute atomic E-state index is 14.1. The number of amides is 2. The second-order valence-corrected chi connectivity index (χ2v) is 13.9. The molecule has 1 aromatic carbocycles. The number of likely N-dealkylation sites (N-methyl/N-ethyl adjacent to an activating group) is 1. The molecule has 0 saturated heterocycles. The van der Waals surface area contributed by atoms with E-state index < -0.39 is 58.0 Å². The molecule has 11 nitrogen and oxygen atoms in total. The molecule has 0 aromatic heterocycles. The quantitative estimate of drug-likeness (QED) is 0.308. The third kappa shape index (κ3) is 5.12. The molecular formula is C32H43N3O8. The van der Waals surface area contributed by atoms with Crippen molar-refractivity contribution in [2.75, 3.05) is 20.6 Å². The number of carbonyl (C=O) groups excluding carboxylic acids is 4. The van der Waals surface area contributed by atoms with Gasteiger partial charge in [-0.25, -0.2) is 0 Å². The average molecular weight is 598 g/mol. The Kier molecular flexibility index (Phi) is 8.08. The largest absolute Gasteiger partial charge is 0.508 e. The van der Waals surface area contributed by atoms with Crippen molar-refractivity contribution in [3.63, 3.8) is 0 Å². The van der Waals surface area contributed by atoms with E-state index in [9.17, 15) is 39.6 Å². The number of primary amides is 1. The lowest BCUT2D eigenvalue weighted by molar-refractivity contribution is -0.153. The van der Waals surface area contributed by atoms with Crippen LogP contribution in [0.4, 0.5) is 0 Å². The summed E-state index contributed by atoms with van der Waals surface area (Å²) in [4.78, 5) is 55.3. The first-order valence-corrected chi connectivity index (χ1v) is 14.5. The molecule has 0 aliphatic heterocycles. The predicted molar refractivity (Wildman–Crippen MR) is 159 cm³/mol. The molecule has 0 bridgehead atoms. The Bertz CT molecular complexity index is 1480. The van der Waals surface area contributed by atoms with Crippen LogP contribution in [0.15, 0.2) is 23.0 Å². The topological polar surface area (TPSA) is 182 Å². The zero-order valence-electron chi connectivity index (χ0n) is 26.1. The summed E-state index contributed by atoms with van der Waals surface area (Å²) in [5, 5.41) is 46.1. The van der Waals surface area contributed by atoms with Gasteiger partial charge in [-0.3, -0.25) is 24.1 Å². The number of nitrogens with zero attached hydrogens (tertiary/aromatic N) is 2. The SMILES string of the molecule is CC(=O)N(Cc1cc(C(C)C)c2c(c1O)C(O)=C1C(=O)[C@]3(O)C(O)=C(C(N)=O)C(=O)[C@@H](N(C)C)[C@@H]3C[C@@H]1C2)CC(C)(C)C. The molecule has 11 heteroatoms. The zero-order valence-corrected chi connectivity index (χ0v) is 26.1. The summed E-state index contributed by atoms with van der Waals surface area (Å²) in [5.74, 6) is -7.10. The van der Waals surface area contributed by atoms with Crippen LogP contribution in [0.3, 0.4) is 0 Å². The summed E-state index contributed by atoms with van der Waals surface area (Å²) >= 11 is 0. The third-order valence-corrected chi connectivity index (χ3v) is 8.93. The lowest BCUT2D eigenvalue weighted by Crippen LogP contribution is -2.65. The van der Waals surface area contributed by atoms with Gasteiger partial charge in [0.1, 0.15) is 22.8 Å². The highest BCUT2D eigenvalue weighted by Gasteiger charge is 2.64. The summed E-state index contributed by atoms with van der Waals surface area (Å²) in [6, 6.07) is 0.690. The smallest absolute Gasteiger partial charge is 0.255 e. The van der Waals surface area contributed by atoms with Crippen LogP contribution in [-0.2, 0) is 32.1 Å².